The van der Waals surface area contributed by atoms with E-state index < -0.39 is 4.92 Å². The van der Waals surface area contributed by atoms with Crippen LogP contribution in [0.3, 0.4) is 0 Å². The highest BCUT2D eigenvalue weighted by atomic mass is 35.5. The Morgan fingerprint density at radius 1 is 1.33 bits per heavy atom. The van der Waals surface area contributed by atoms with Gasteiger partial charge in [-0.2, -0.15) is 4.68 Å². The third-order valence-corrected chi connectivity index (χ3v) is 4.39. The van der Waals surface area contributed by atoms with E-state index in [1.54, 1.807) is 10.9 Å². The molecule has 1 aliphatic rings. The molecule has 9 heteroatoms. The van der Waals surface area contributed by atoms with Crippen molar-refractivity contribution in [2.75, 3.05) is 26.2 Å². The molecule has 1 aromatic heterocycles. The van der Waals surface area contributed by atoms with Crippen LogP contribution < -0.4 is 5.32 Å². The average molecular weight is 372 g/mol. The van der Waals surface area contributed by atoms with Gasteiger partial charge in [0.25, 0.3) is 0 Å². The lowest BCUT2D eigenvalue weighted by Gasteiger charge is -2.36. The van der Waals surface area contributed by atoms with Crippen molar-refractivity contribution in [1.82, 2.24) is 20.0 Å². The molecule has 0 amide bonds. The summed E-state index contributed by atoms with van der Waals surface area (Å²) in [7, 11) is 0. The van der Waals surface area contributed by atoms with Gasteiger partial charge in [0, 0.05) is 37.2 Å². The highest BCUT2D eigenvalue weighted by molar-refractivity contribution is 6.31. The molecule has 1 aliphatic heterocycles. The fraction of sp³-hybridized carbons (Fsp3) is 0.400. The normalized spacial score (nSPS) is 18.1. The van der Waals surface area contributed by atoms with Crippen molar-refractivity contribution in [1.29, 1.82) is 0 Å². The first kappa shape index (κ1) is 18.7. The van der Waals surface area contributed by atoms with Crippen LogP contribution >= 0.6 is 24.0 Å². The number of rotatable bonds is 5. The van der Waals surface area contributed by atoms with E-state index in [0.717, 1.165) is 36.8 Å². The van der Waals surface area contributed by atoms with Crippen molar-refractivity contribution in [3.8, 4) is 0 Å². The summed E-state index contributed by atoms with van der Waals surface area (Å²) in [6.07, 6.45) is 1.64. The zero-order valence-electron chi connectivity index (χ0n) is 13.0. The van der Waals surface area contributed by atoms with Gasteiger partial charge in [-0.05, 0) is 16.6 Å². The molecule has 24 heavy (non-hydrogen) atoms. The van der Waals surface area contributed by atoms with E-state index in [-0.39, 0.29) is 24.3 Å². The van der Waals surface area contributed by atoms with Crippen LogP contribution in [0.25, 0.3) is 0 Å². The summed E-state index contributed by atoms with van der Waals surface area (Å²) >= 11 is 6.33. The van der Waals surface area contributed by atoms with Gasteiger partial charge in [-0.15, -0.1) is 12.4 Å². The molecular formula is C15H19Cl2N5O2. The maximum atomic E-state index is 10.7. The molecule has 1 N–H and O–H groups in total. The summed E-state index contributed by atoms with van der Waals surface area (Å²) < 4.78 is 1.61. The van der Waals surface area contributed by atoms with Crippen LogP contribution in [-0.4, -0.2) is 45.8 Å². The Hall–Kier alpha value is -1.67. The van der Waals surface area contributed by atoms with E-state index in [9.17, 15) is 10.1 Å². The molecule has 1 fully saturated rings. The Labute approximate surface area is 151 Å². The molecule has 2 heterocycles. The highest BCUT2D eigenvalue weighted by Gasteiger charge is 2.25. The Bertz CT molecular complexity index is 694. The summed E-state index contributed by atoms with van der Waals surface area (Å²) in [6, 6.07) is 9.48. The Morgan fingerprint density at radius 2 is 2.12 bits per heavy atom. The number of benzene rings is 1. The van der Waals surface area contributed by atoms with Gasteiger partial charge in [-0.1, -0.05) is 29.8 Å². The Kier molecular flexibility index (Phi) is 6.56. The van der Waals surface area contributed by atoms with E-state index in [0.29, 0.717) is 6.54 Å². The van der Waals surface area contributed by atoms with Gasteiger partial charge < -0.3 is 15.4 Å². The summed E-state index contributed by atoms with van der Waals surface area (Å²) in [6.45, 7) is 4.02. The van der Waals surface area contributed by atoms with Crippen LogP contribution in [-0.2, 0) is 6.54 Å². The molecule has 130 valence electrons. The summed E-state index contributed by atoms with van der Waals surface area (Å²) in [5, 5.41) is 18.8. The minimum Gasteiger partial charge on any atom is -0.358 e. The molecule has 0 spiro atoms. The van der Waals surface area contributed by atoms with Crippen LogP contribution in [0, 0.1) is 10.1 Å². The summed E-state index contributed by atoms with van der Waals surface area (Å²) in [5.41, 5.74) is 1.10. The monoisotopic (exact) mass is 371 g/mol. The van der Waals surface area contributed by atoms with Gasteiger partial charge in [0.1, 0.15) is 0 Å². The minimum absolute atomic E-state index is 0. The van der Waals surface area contributed by atoms with Crippen LogP contribution in [0.5, 0.6) is 0 Å². The number of hydrogen-bond donors (Lipinski definition) is 1. The predicted octanol–water partition coefficient (Wildman–Crippen LogP) is 2.51. The van der Waals surface area contributed by atoms with Crippen molar-refractivity contribution in [3.63, 3.8) is 0 Å². The predicted molar refractivity (Wildman–Crippen MR) is 94.8 cm³/mol. The van der Waals surface area contributed by atoms with Gasteiger partial charge in [0.2, 0.25) is 0 Å². The molecule has 1 atom stereocenters. The number of halogens is 2. The lowest BCUT2D eigenvalue weighted by Crippen LogP contribution is -2.47. The number of nitrogens with zero attached hydrogens (tertiary/aromatic N) is 4. The second kappa shape index (κ2) is 8.43. The molecule has 7 nitrogen and oxygen atoms in total. The van der Waals surface area contributed by atoms with Crippen molar-refractivity contribution in [2.24, 2.45) is 0 Å². The standard InChI is InChI=1S/C15H18ClN5O2.ClH/c16-13-4-2-1-3-12(13)14-11-17-6-8-19(14)9-10-20-7-5-15(18-20)21(22)23;/h1-5,7,14,17H,6,8-11H2;1H. The number of nitro groups is 1. The minimum atomic E-state index is -0.478. The maximum Gasteiger partial charge on any atom is 0.389 e. The SMILES string of the molecule is Cl.O=[N+]([O-])c1ccn(CCN2CCNCC2c2ccccc2Cl)n1. The fourth-order valence-electron chi connectivity index (χ4n) is 2.87. The highest BCUT2D eigenvalue weighted by Crippen LogP contribution is 2.28. The van der Waals surface area contributed by atoms with Crippen molar-refractivity contribution in [3.05, 3.63) is 57.2 Å². The first-order chi connectivity index (χ1) is 11.1. The van der Waals surface area contributed by atoms with Crippen LogP contribution in [0.1, 0.15) is 11.6 Å². The number of hydrogen-bond acceptors (Lipinski definition) is 5. The topological polar surface area (TPSA) is 76.2 Å². The maximum absolute atomic E-state index is 10.7. The van der Waals surface area contributed by atoms with Crippen molar-refractivity contribution >= 4 is 29.8 Å². The van der Waals surface area contributed by atoms with Gasteiger partial charge in [-0.3, -0.25) is 4.90 Å². The summed E-state index contributed by atoms with van der Waals surface area (Å²) in [5.74, 6) is -0.118. The first-order valence-electron chi connectivity index (χ1n) is 7.52. The number of piperazine rings is 1. The van der Waals surface area contributed by atoms with E-state index in [2.05, 4.69) is 15.3 Å². The molecule has 1 unspecified atom stereocenters. The van der Waals surface area contributed by atoms with Crippen molar-refractivity contribution in [2.45, 2.75) is 12.6 Å². The number of aromatic nitrogens is 2. The second-order valence-corrected chi connectivity index (χ2v) is 5.88. The van der Waals surface area contributed by atoms with Gasteiger partial charge in [-0.25, -0.2) is 0 Å². The van der Waals surface area contributed by atoms with Crippen LogP contribution in [0.15, 0.2) is 36.5 Å². The van der Waals surface area contributed by atoms with E-state index in [1.165, 1.54) is 6.07 Å². The number of nitrogens with one attached hydrogen (secondary N) is 1. The zero-order chi connectivity index (χ0) is 16.2. The van der Waals surface area contributed by atoms with Gasteiger partial charge >= 0.3 is 5.82 Å². The smallest absolute Gasteiger partial charge is 0.358 e. The second-order valence-electron chi connectivity index (χ2n) is 5.47. The van der Waals surface area contributed by atoms with E-state index in [1.807, 2.05) is 24.3 Å². The summed E-state index contributed by atoms with van der Waals surface area (Å²) in [4.78, 5) is 12.6. The lowest BCUT2D eigenvalue weighted by molar-refractivity contribution is -0.389. The third kappa shape index (κ3) is 4.24. The molecular weight excluding hydrogens is 353 g/mol. The molecule has 3 rings (SSSR count). The largest absolute Gasteiger partial charge is 0.389 e. The van der Waals surface area contributed by atoms with Crippen LogP contribution in [0.4, 0.5) is 5.82 Å². The molecule has 2 aromatic rings. The first-order valence-corrected chi connectivity index (χ1v) is 7.90. The Balaban J connectivity index is 0.00000208. The zero-order valence-corrected chi connectivity index (χ0v) is 14.5. The quantitative estimate of drug-likeness (QED) is 0.645. The van der Waals surface area contributed by atoms with Gasteiger partial charge in [0.15, 0.2) is 0 Å². The molecule has 1 aromatic carbocycles. The average Bonchev–Trinajstić information content (AvgIpc) is 3.03. The lowest BCUT2D eigenvalue weighted by atomic mass is 10.0. The van der Waals surface area contributed by atoms with Gasteiger partial charge in [0.05, 0.1) is 23.9 Å². The third-order valence-electron chi connectivity index (χ3n) is 4.05. The molecule has 0 aliphatic carbocycles. The van der Waals surface area contributed by atoms with E-state index >= 15 is 0 Å². The molecule has 0 bridgehead atoms. The molecule has 0 saturated carbocycles. The van der Waals surface area contributed by atoms with Crippen LogP contribution in [0.2, 0.25) is 5.02 Å². The van der Waals surface area contributed by atoms with Crippen molar-refractivity contribution < 1.29 is 4.92 Å². The molecule has 0 radical (unpaired) electrons. The van der Waals surface area contributed by atoms with E-state index in [4.69, 9.17) is 11.6 Å². The Morgan fingerprint density at radius 3 is 2.83 bits per heavy atom. The molecule has 1 saturated heterocycles. The fourth-order valence-corrected chi connectivity index (χ4v) is 3.13.